The van der Waals surface area contributed by atoms with Gasteiger partial charge in [0.1, 0.15) is 11.3 Å². The highest BCUT2D eigenvalue weighted by molar-refractivity contribution is 5.98. The molecule has 2 aromatic rings. The largest absolute Gasteiger partial charge is 0.496 e. The number of nitrogens with one attached hydrogen (secondary N) is 1. The maximum atomic E-state index is 12.4. The molecule has 5 nitrogen and oxygen atoms in total. The Morgan fingerprint density at radius 3 is 2.62 bits per heavy atom. The lowest BCUT2D eigenvalue weighted by Crippen LogP contribution is -2.30. The van der Waals surface area contributed by atoms with Crippen LogP contribution in [0.1, 0.15) is 40.4 Å². The first-order chi connectivity index (χ1) is 12.5. The van der Waals surface area contributed by atoms with Gasteiger partial charge in [0.15, 0.2) is 6.10 Å². The minimum atomic E-state index is -0.916. The fraction of sp³-hybridized carbons (Fsp3) is 0.333. The quantitative estimate of drug-likeness (QED) is 0.833. The van der Waals surface area contributed by atoms with Gasteiger partial charge in [-0.25, -0.2) is 4.79 Å². The zero-order valence-corrected chi connectivity index (χ0v) is 15.3. The van der Waals surface area contributed by atoms with Crippen LogP contribution in [0.3, 0.4) is 0 Å². The Bertz CT molecular complexity index is 844. The molecular weight excluding hydrogens is 330 g/mol. The third-order valence-corrected chi connectivity index (χ3v) is 4.59. The molecule has 0 unspecified atom stereocenters. The number of hydrogen-bond donors (Lipinski definition) is 1. The predicted molar refractivity (Wildman–Crippen MR) is 99.7 cm³/mol. The maximum Gasteiger partial charge on any atom is 0.342 e. The molecule has 1 amide bonds. The summed E-state index contributed by atoms with van der Waals surface area (Å²) in [4.78, 5) is 24.8. The molecule has 0 saturated heterocycles. The second-order valence-electron chi connectivity index (χ2n) is 6.58. The van der Waals surface area contributed by atoms with E-state index in [0.717, 1.165) is 30.5 Å². The van der Waals surface area contributed by atoms with Gasteiger partial charge in [0.2, 0.25) is 0 Å². The first-order valence-electron chi connectivity index (χ1n) is 8.76. The summed E-state index contributed by atoms with van der Waals surface area (Å²) in [6.07, 6.45) is 2.37. The van der Waals surface area contributed by atoms with E-state index in [2.05, 4.69) is 5.32 Å². The number of aryl methyl sites for hydroxylation is 3. The van der Waals surface area contributed by atoms with Gasteiger partial charge >= 0.3 is 5.97 Å². The van der Waals surface area contributed by atoms with Crippen LogP contribution >= 0.6 is 0 Å². The van der Waals surface area contributed by atoms with Crippen LogP contribution in [-0.2, 0) is 22.4 Å². The lowest BCUT2D eigenvalue weighted by molar-refractivity contribution is -0.123. The highest BCUT2D eigenvalue weighted by Crippen LogP contribution is 2.25. The number of esters is 1. The van der Waals surface area contributed by atoms with E-state index in [1.165, 1.54) is 18.2 Å². The summed E-state index contributed by atoms with van der Waals surface area (Å²) >= 11 is 0. The molecule has 0 spiro atoms. The van der Waals surface area contributed by atoms with Crippen molar-refractivity contribution in [2.24, 2.45) is 0 Å². The van der Waals surface area contributed by atoms with E-state index in [-0.39, 0.29) is 5.91 Å². The summed E-state index contributed by atoms with van der Waals surface area (Å²) in [6.45, 7) is 3.43. The number of rotatable bonds is 5. The van der Waals surface area contributed by atoms with Crippen molar-refractivity contribution in [1.82, 2.24) is 0 Å². The van der Waals surface area contributed by atoms with E-state index in [0.29, 0.717) is 11.3 Å². The van der Waals surface area contributed by atoms with Gasteiger partial charge in [-0.3, -0.25) is 4.79 Å². The highest BCUT2D eigenvalue weighted by atomic mass is 16.5. The Balaban J connectivity index is 1.66. The SMILES string of the molecule is COc1ccc(C)cc1C(=O)O[C@H](C)C(=O)Nc1ccc2c(c1)CCC2. The average Bonchev–Trinajstić information content (AvgIpc) is 3.09. The topological polar surface area (TPSA) is 64.6 Å². The molecule has 26 heavy (non-hydrogen) atoms. The zero-order chi connectivity index (χ0) is 18.7. The molecule has 0 aliphatic heterocycles. The first-order valence-corrected chi connectivity index (χ1v) is 8.76. The molecule has 1 aliphatic rings. The lowest BCUT2D eigenvalue weighted by Gasteiger charge is -2.15. The van der Waals surface area contributed by atoms with Crippen molar-refractivity contribution >= 4 is 17.6 Å². The highest BCUT2D eigenvalue weighted by Gasteiger charge is 2.22. The number of anilines is 1. The van der Waals surface area contributed by atoms with Crippen LogP contribution in [-0.4, -0.2) is 25.1 Å². The van der Waals surface area contributed by atoms with Gasteiger partial charge in [-0.2, -0.15) is 0 Å². The Kier molecular flexibility index (Phi) is 5.26. The molecule has 0 radical (unpaired) electrons. The maximum absolute atomic E-state index is 12.4. The fourth-order valence-corrected chi connectivity index (χ4v) is 3.15. The lowest BCUT2D eigenvalue weighted by atomic mass is 10.1. The van der Waals surface area contributed by atoms with Crippen LogP contribution in [0, 0.1) is 6.92 Å². The summed E-state index contributed by atoms with van der Waals surface area (Å²) in [5, 5.41) is 2.82. The second kappa shape index (κ2) is 7.60. The summed E-state index contributed by atoms with van der Waals surface area (Å²) < 4.78 is 10.5. The van der Waals surface area contributed by atoms with Gasteiger partial charge in [0.05, 0.1) is 7.11 Å². The van der Waals surface area contributed by atoms with E-state index in [4.69, 9.17) is 9.47 Å². The Labute approximate surface area is 153 Å². The summed E-state index contributed by atoms with van der Waals surface area (Å²) in [5.74, 6) is -0.517. The molecule has 5 heteroatoms. The number of ether oxygens (including phenoxy) is 2. The molecular formula is C21H23NO4. The van der Waals surface area contributed by atoms with Crippen LogP contribution in [0.2, 0.25) is 0 Å². The summed E-state index contributed by atoms with van der Waals surface area (Å²) in [5.41, 5.74) is 4.57. The molecule has 136 valence electrons. The molecule has 2 aromatic carbocycles. The summed E-state index contributed by atoms with van der Waals surface area (Å²) in [6, 6.07) is 11.2. The van der Waals surface area contributed by atoms with Crippen molar-refractivity contribution in [3.8, 4) is 5.75 Å². The number of carbonyl (C=O) groups is 2. The van der Waals surface area contributed by atoms with Crippen molar-refractivity contribution in [2.75, 3.05) is 12.4 Å². The van der Waals surface area contributed by atoms with E-state index < -0.39 is 12.1 Å². The van der Waals surface area contributed by atoms with Gasteiger partial charge in [0, 0.05) is 5.69 Å². The predicted octanol–water partition coefficient (Wildman–Crippen LogP) is 3.68. The number of methoxy groups -OCH3 is 1. The standard InChI is InChI=1S/C21H23NO4/c1-13-7-10-19(25-3)18(11-13)21(24)26-14(2)20(23)22-17-9-8-15-5-4-6-16(15)12-17/h7-12,14H,4-6H2,1-3H3,(H,22,23)/t14-/m1/s1. The van der Waals surface area contributed by atoms with E-state index in [1.54, 1.807) is 19.1 Å². The molecule has 1 atom stereocenters. The molecule has 0 saturated carbocycles. The van der Waals surface area contributed by atoms with E-state index in [1.807, 2.05) is 31.2 Å². The van der Waals surface area contributed by atoms with Crippen LogP contribution < -0.4 is 10.1 Å². The first kappa shape index (κ1) is 18.0. The third kappa shape index (κ3) is 3.87. The van der Waals surface area contributed by atoms with Crippen molar-refractivity contribution < 1.29 is 19.1 Å². The number of hydrogen-bond acceptors (Lipinski definition) is 4. The van der Waals surface area contributed by atoms with Crippen LogP contribution in [0.25, 0.3) is 0 Å². The average molecular weight is 353 g/mol. The smallest absolute Gasteiger partial charge is 0.342 e. The molecule has 1 N–H and O–H groups in total. The Morgan fingerprint density at radius 2 is 1.85 bits per heavy atom. The monoisotopic (exact) mass is 353 g/mol. The van der Waals surface area contributed by atoms with E-state index in [9.17, 15) is 9.59 Å². The van der Waals surface area contributed by atoms with Gasteiger partial charge in [-0.1, -0.05) is 17.7 Å². The molecule has 0 heterocycles. The normalized spacial score (nSPS) is 13.7. The van der Waals surface area contributed by atoms with Gasteiger partial charge in [-0.15, -0.1) is 0 Å². The number of fused-ring (bicyclic) bond motifs is 1. The summed E-state index contributed by atoms with van der Waals surface area (Å²) in [7, 11) is 1.49. The van der Waals surface area contributed by atoms with Crippen LogP contribution in [0.4, 0.5) is 5.69 Å². The minimum Gasteiger partial charge on any atom is -0.496 e. The van der Waals surface area contributed by atoms with Crippen molar-refractivity contribution in [3.05, 3.63) is 58.7 Å². The van der Waals surface area contributed by atoms with Crippen LogP contribution in [0.5, 0.6) is 5.75 Å². The second-order valence-corrected chi connectivity index (χ2v) is 6.58. The fourth-order valence-electron chi connectivity index (χ4n) is 3.15. The van der Waals surface area contributed by atoms with Crippen LogP contribution in [0.15, 0.2) is 36.4 Å². The molecule has 0 fully saturated rings. The van der Waals surface area contributed by atoms with Crippen molar-refractivity contribution in [1.29, 1.82) is 0 Å². The van der Waals surface area contributed by atoms with Gasteiger partial charge in [0.25, 0.3) is 5.91 Å². The van der Waals surface area contributed by atoms with Gasteiger partial charge < -0.3 is 14.8 Å². The molecule has 0 bridgehead atoms. The molecule has 0 aromatic heterocycles. The third-order valence-electron chi connectivity index (χ3n) is 4.59. The van der Waals surface area contributed by atoms with Gasteiger partial charge in [-0.05, 0) is 68.5 Å². The minimum absolute atomic E-state index is 0.310. The van der Waals surface area contributed by atoms with Crippen molar-refractivity contribution in [3.63, 3.8) is 0 Å². The number of benzene rings is 2. The molecule has 3 rings (SSSR count). The Morgan fingerprint density at radius 1 is 1.08 bits per heavy atom. The number of carbonyl (C=O) groups excluding carboxylic acids is 2. The van der Waals surface area contributed by atoms with E-state index >= 15 is 0 Å². The number of amides is 1. The van der Waals surface area contributed by atoms with Crippen molar-refractivity contribution in [2.45, 2.75) is 39.2 Å². The molecule has 1 aliphatic carbocycles. The Hall–Kier alpha value is -2.82. The zero-order valence-electron chi connectivity index (χ0n) is 15.3.